The zero-order chi connectivity index (χ0) is 9.84. The van der Waals surface area contributed by atoms with E-state index in [0.717, 1.165) is 5.56 Å². The number of ether oxygens (including phenoxy) is 1. The molecule has 0 saturated carbocycles. The summed E-state index contributed by atoms with van der Waals surface area (Å²) in [6, 6.07) is 3.66. The van der Waals surface area contributed by atoms with E-state index in [2.05, 4.69) is 0 Å². The Kier molecular flexibility index (Phi) is 3.14. The molecule has 0 spiro atoms. The number of benzene rings is 1. The second-order valence-electron chi connectivity index (χ2n) is 2.90. The average molecular weight is 182 g/mol. The Morgan fingerprint density at radius 1 is 1.38 bits per heavy atom. The van der Waals surface area contributed by atoms with Crippen LogP contribution in [-0.2, 0) is 6.42 Å². The lowest BCUT2D eigenvalue weighted by atomic mass is 10.1. The van der Waals surface area contributed by atoms with Crippen LogP contribution in [0.4, 0.5) is 0 Å². The van der Waals surface area contributed by atoms with Crippen LogP contribution >= 0.6 is 0 Å². The van der Waals surface area contributed by atoms with Gasteiger partial charge in [0, 0.05) is 12.2 Å². The highest BCUT2D eigenvalue weighted by Crippen LogP contribution is 2.33. The van der Waals surface area contributed by atoms with E-state index in [1.807, 2.05) is 13.0 Å². The molecule has 0 saturated heterocycles. The third-order valence-electron chi connectivity index (χ3n) is 2.00. The number of phenols is 1. The summed E-state index contributed by atoms with van der Waals surface area (Å²) in [5.41, 5.74) is 1.60. The molecule has 13 heavy (non-hydrogen) atoms. The quantitative estimate of drug-likeness (QED) is 0.739. The molecule has 0 atom stereocenters. The summed E-state index contributed by atoms with van der Waals surface area (Å²) in [5.74, 6) is 0.627. The molecule has 1 aromatic carbocycles. The molecule has 0 unspecified atom stereocenters. The summed E-state index contributed by atoms with van der Waals surface area (Å²) in [4.78, 5) is 0. The fourth-order valence-electron chi connectivity index (χ4n) is 1.29. The van der Waals surface area contributed by atoms with Gasteiger partial charge >= 0.3 is 0 Å². The normalized spacial score (nSPS) is 10.1. The van der Waals surface area contributed by atoms with E-state index in [1.54, 1.807) is 6.07 Å². The molecule has 0 fully saturated rings. The van der Waals surface area contributed by atoms with Crippen LogP contribution in [0.1, 0.15) is 11.1 Å². The maximum atomic E-state index is 9.66. The molecule has 3 nitrogen and oxygen atoms in total. The van der Waals surface area contributed by atoms with Crippen molar-refractivity contribution >= 4 is 0 Å². The Morgan fingerprint density at radius 2 is 2.08 bits per heavy atom. The lowest BCUT2D eigenvalue weighted by Crippen LogP contribution is -1.95. The van der Waals surface area contributed by atoms with E-state index in [-0.39, 0.29) is 12.4 Å². The minimum atomic E-state index is 0.0276. The second-order valence-corrected chi connectivity index (χ2v) is 2.90. The molecule has 0 aliphatic heterocycles. The maximum Gasteiger partial charge on any atom is 0.163 e. The van der Waals surface area contributed by atoms with Crippen LogP contribution in [0.3, 0.4) is 0 Å². The molecule has 2 N–H and O–H groups in total. The van der Waals surface area contributed by atoms with Crippen molar-refractivity contribution in [2.75, 3.05) is 13.7 Å². The fraction of sp³-hybridized carbons (Fsp3) is 0.400. The van der Waals surface area contributed by atoms with E-state index in [1.165, 1.54) is 7.11 Å². The van der Waals surface area contributed by atoms with E-state index in [4.69, 9.17) is 9.84 Å². The van der Waals surface area contributed by atoms with E-state index >= 15 is 0 Å². The highest BCUT2D eigenvalue weighted by atomic mass is 16.5. The van der Waals surface area contributed by atoms with Crippen LogP contribution in [0, 0.1) is 6.92 Å². The van der Waals surface area contributed by atoms with Gasteiger partial charge in [-0.3, -0.25) is 0 Å². The Bertz CT molecular complexity index is 294. The van der Waals surface area contributed by atoms with E-state index in [0.29, 0.717) is 17.7 Å². The molecule has 0 bridgehead atoms. The summed E-state index contributed by atoms with van der Waals surface area (Å²) in [6.45, 7) is 1.89. The Balaban J connectivity index is 3.11. The van der Waals surface area contributed by atoms with Crippen LogP contribution in [0.15, 0.2) is 12.1 Å². The van der Waals surface area contributed by atoms with Gasteiger partial charge in [0.25, 0.3) is 0 Å². The van der Waals surface area contributed by atoms with Crippen molar-refractivity contribution in [1.82, 2.24) is 0 Å². The molecule has 0 heterocycles. The van der Waals surface area contributed by atoms with Crippen LogP contribution < -0.4 is 4.74 Å². The smallest absolute Gasteiger partial charge is 0.163 e. The lowest BCUT2D eigenvalue weighted by molar-refractivity contribution is 0.296. The zero-order valence-corrected chi connectivity index (χ0v) is 7.87. The molecule has 1 rings (SSSR count). The van der Waals surface area contributed by atoms with Crippen molar-refractivity contribution in [2.24, 2.45) is 0 Å². The Morgan fingerprint density at radius 3 is 2.62 bits per heavy atom. The van der Waals surface area contributed by atoms with Crippen LogP contribution in [-0.4, -0.2) is 23.9 Å². The number of hydrogen-bond acceptors (Lipinski definition) is 3. The number of aliphatic hydroxyl groups excluding tert-OH is 1. The minimum absolute atomic E-state index is 0.0276. The third kappa shape index (κ3) is 1.92. The van der Waals surface area contributed by atoms with Crippen molar-refractivity contribution in [3.8, 4) is 11.5 Å². The van der Waals surface area contributed by atoms with Crippen molar-refractivity contribution < 1.29 is 14.9 Å². The number of phenolic OH excluding ortho intramolecular Hbond substituents is 1. The van der Waals surface area contributed by atoms with Gasteiger partial charge in [-0.15, -0.1) is 0 Å². The van der Waals surface area contributed by atoms with Crippen molar-refractivity contribution in [3.63, 3.8) is 0 Å². The van der Waals surface area contributed by atoms with Crippen molar-refractivity contribution in [2.45, 2.75) is 13.3 Å². The van der Waals surface area contributed by atoms with Gasteiger partial charge in [-0.05, 0) is 18.9 Å². The first-order chi connectivity index (χ1) is 6.20. The monoisotopic (exact) mass is 182 g/mol. The molecule has 0 radical (unpaired) electrons. The largest absolute Gasteiger partial charge is 0.504 e. The highest BCUT2D eigenvalue weighted by Gasteiger charge is 2.09. The molecule has 3 heteroatoms. The maximum absolute atomic E-state index is 9.66. The minimum Gasteiger partial charge on any atom is -0.504 e. The summed E-state index contributed by atoms with van der Waals surface area (Å²) in [6.07, 6.45) is 0.447. The molecule has 0 aromatic heterocycles. The number of hydrogen-bond donors (Lipinski definition) is 2. The van der Waals surface area contributed by atoms with Gasteiger partial charge in [-0.1, -0.05) is 12.1 Å². The zero-order valence-electron chi connectivity index (χ0n) is 7.87. The molecule has 0 amide bonds. The fourth-order valence-corrected chi connectivity index (χ4v) is 1.29. The molecular formula is C10H14O3. The van der Waals surface area contributed by atoms with Gasteiger partial charge in [0.15, 0.2) is 11.5 Å². The average Bonchev–Trinajstić information content (AvgIpc) is 2.11. The van der Waals surface area contributed by atoms with Crippen LogP contribution in [0.5, 0.6) is 11.5 Å². The molecule has 0 aliphatic rings. The van der Waals surface area contributed by atoms with Gasteiger partial charge in [0.1, 0.15) is 0 Å². The Labute approximate surface area is 77.6 Å². The molecule has 1 aromatic rings. The van der Waals surface area contributed by atoms with E-state index < -0.39 is 0 Å². The van der Waals surface area contributed by atoms with Gasteiger partial charge in [-0.25, -0.2) is 0 Å². The lowest BCUT2D eigenvalue weighted by Gasteiger charge is -2.10. The SMILES string of the molecule is COc1c(C)ccc(CCO)c1O. The van der Waals surface area contributed by atoms with Gasteiger partial charge in [-0.2, -0.15) is 0 Å². The summed E-state index contributed by atoms with van der Waals surface area (Å²) >= 11 is 0. The molecular weight excluding hydrogens is 168 g/mol. The van der Waals surface area contributed by atoms with Crippen LogP contribution in [0.2, 0.25) is 0 Å². The number of aromatic hydroxyl groups is 1. The van der Waals surface area contributed by atoms with Crippen molar-refractivity contribution in [1.29, 1.82) is 0 Å². The summed E-state index contributed by atoms with van der Waals surface area (Å²) < 4.78 is 5.03. The highest BCUT2D eigenvalue weighted by molar-refractivity contribution is 5.50. The van der Waals surface area contributed by atoms with Gasteiger partial charge in [0.2, 0.25) is 0 Å². The second kappa shape index (κ2) is 4.14. The predicted octanol–water partition coefficient (Wildman–Crippen LogP) is 1.24. The first-order valence-electron chi connectivity index (χ1n) is 4.17. The van der Waals surface area contributed by atoms with Gasteiger partial charge < -0.3 is 14.9 Å². The number of methoxy groups -OCH3 is 1. The topological polar surface area (TPSA) is 49.7 Å². The summed E-state index contributed by atoms with van der Waals surface area (Å²) in [7, 11) is 1.52. The number of aryl methyl sites for hydroxylation is 1. The van der Waals surface area contributed by atoms with E-state index in [9.17, 15) is 5.11 Å². The first-order valence-corrected chi connectivity index (χ1v) is 4.17. The first kappa shape index (κ1) is 9.86. The predicted molar refractivity (Wildman–Crippen MR) is 50.2 cm³/mol. The van der Waals surface area contributed by atoms with Crippen molar-refractivity contribution in [3.05, 3.63) is 23.3 Å². The number of aliphatic hydroxyl groups is 1. The molecule has 72 valence electrons. The molecule has 0 aliphatic carbocycles. The standard InChI is InChI=1S/C10H14O3/c1-7-3-4-8(5-6-11)9(12)10(7)13-2/h3-4,11-12H,5-6H2,1-2H3. The third-order valence-corrected chi connectivity index (χ3v) is 2.00. The van der Waals surface area contributed by atoms with Crippen LogP contribution in [0.25, 0.3) is 0 Å². The summed E-state index contributed by atoms with van der Waals surface area (Å²) in [5, 5.41) is 18.4. The van der Waals surface area contributed by atoms with Gasteiger partial charge in [0.05, 0.1) is 7.11 Å². The Hall–Kier alpha value is -1.22. The number of rotatable bonds is 3.